The summed E-state index contributed by atoms with van der Waals surface area (Å²) < 4.78 is 5.87. The van der Waals surface area contributed by atoms with Gasteiger partial charge in [0.1, 0.15) is 0 Å². The predicted molar refractivity (Wildman–Crippen MR) is 177 cm³/mol. The lowest BCUT2D eigenvalue weighted by atomic mass is 9.72. The van der Waals surface area contributed by atoms with E-state index in [0.29, 0.717) is 43.3 Å². The highest BCUT2D eigenvalue weighted by Crippen LogP contribution is 2.42. The molecule has 3 saturated carbocycles. The molecule has 3 aliphatic carbocycles. The lowest BCUT2D eigenvalue weighted by molar-refractivity contribution is -0.126. The van der Waals surface area contributed by atoms with Crippen molar-refractivity contribution >= 4 is 37.4 Å². The number of hydrogen-bond acceptors (Lipinski definition) is 8. The molecule has 250 valence electrons. The number of nitrogens with zero attached hydrogens (tertiary/aromatic N) is 2. The van der Waals surface area contributed by atoms with Gasteiger partial charge in [-0.3, -0.25) is 19.5 Å². The number of nitrogens with one attached hydrogen (secondary N) is 4. The van der Waals surface area contributed by atoms with Crippen LogP contribution in [0.15, 0.2) is 4.99 Å². The summed E-state index contributed by atoms with van der Waals surface area (Å²) in [6.45, 7) is 7.02. The summed E-state index contributed by atoms with van der Waals surface area (Å²) in [7, 11) is -0.235. The Kier molecular flexibility index (Phi) is 11.8. The minimum atomic E-state index is -2.06. The van der Waals surface area contributed by atoms with Gasteiger partial charge in [-0.05, 0) is 109 Å². The van der Waals surface area contributed by atoms with E-state index in [1.165, 1.54) is 5.71 Å². The molecule has 10 nitrogen and oxygen atoms in total. The Bertz CT molecular complexity index is 1010. The third-order valence-corrected chi connectivity index (χ3v) is 13.0. The molecule has 2 aliphatic heterocycles. The molecule has 5 rings (SSSR count). The van der Waals surface area contributed by atoms with Crippen molar-refractivity contribution in [2.45, 2.75) is 139 Å². The van der Waals surface area contributed by atoms with Gasteiger partial charge in [0.05, 0.1) is 30.9 Å². The Labute approximate surface area is 270 Å². The van der Waals surface area contributed by atoms with E-state index in [1.54, 1.807) is 0 Å². The number of carbonyl (C=O) groups excluding carboxylic acids is 2. The molecule has 2 amide bonds. The van der Waals surface area contributed by atoms with Gasteiger partial charge in [0.15, 0.2) is 8.32 Å². The molecular weight excluding hydrogens is 596 g/mol. The normalized spacial score (nSPS) is 38.2. The monoisotopic (exact) mass is 652 g/mol. The summed E-state index contributed by atoms with van der Waals surface area (Å²) in [5, 5.41) is 6.36. The van der Waals surface area contributed by atoms with E-state index in [1.807, 2.05) is 20.2 Å². The average Bonchev–Trinajstić information content (AvgIpc) is 3.31. The lowest BCUT2D eigenvalue weighted by Crippen LogP contribution is -2.55. The fraction of sp³-hybridized carbons (Fsp3) is 0.906. The minimum absolute atomic E-state index is 0.0333. The fourth-order valence-electron chi connectivity index (χ4n) is 8.79. The molecule has 12 heteroatoms. The second-order valence-electron chi connectivity index (χ2n) is 14.9. The van der Waals surface area contributed by atoms with Crippen molar-refractivity contribution in [3.05, 3.63) is 0 Å². The number of hydrogen-bond donors (Lipinski definition) is 5. The van der Waals surface area contributed by atoms with Crippen molar-refractivity contribution < 1.29 is 19.1 Å². The minimum Gasteiger partial charge on any atom is -0.432 e. The Morgan fingerprint density at radius 2 is 1.73 bits per heavy atom. The van der Waals surface area contributed by atoms with Gasteiger partial charge in [0.25, 0.3) is 0 Å². The van der Waals surface area contributed by atoms with Crippen LogP contribution in [0.2, 0.25) is 19.1 Å². The molecule has 2 heterocycles. The van der Waals surface area contributed by atoms with Crippen molar-refractivity contribution in [1.82, 2.24) is 26.4 Å². The van der Waals surface area contributed by atoms with Gasteiger partial charge >= 0.3 is 0 Å². The van der Waals surface area contributed by atoms with Crippen LogP contribution in [0.25, 0.3) is 0 Å². The standard InChI is InChI=1S/C32H57ClN6O4Si/c1-20-37-38-31-27(18-29(40)34-15-16-35-32(41)23-7-5-21(6-8-23)19-44(3,4)42)36-30(22-9-11-24(33)12-10-22)26-17-25(43-2)13-14-28(26)39(20)31/h20-28,31,37-38,42H,5-19H2,1-4H3,(H,34,40)(H,35,41)/t20?,21?,22?,23?,24?,25?,26?,27-,28?,31?/m0/s1. The molecular formula is C32H57ClN6O4Si. The smallest absolute Gasteiger partial charge is 0.223 e. The van der Waals surface area contributed by atoms with E-state index in [4.69, 9.17) is 21.3 Å². The van der Waals surface area contributed by atoms with Crippen LogP contribution in [-0.2, 0) is 14.3 Å². The van der Waals surface area contributed by atoms with Gasteiger partial charge in [-0.1, -0.05) is 0 Å². The zero-order valence-electron chi connectivity index (χ0n) is 27.3. The van der Waals surface area contributed by atoms with E-state index in [9.17, 15) is 14.4 Å². The van der Waals surface area contributed by atoms with Gasteiger partial charge < -0.3 is 20.2 Å². The van der Waals surface area contributed by atoms with Crippen LogP contribution in [-0.4, -0.2) is 91.6 Å². The second-order valence-corrected chi connectivity index (χ2v) is 19.5. The molecule has 6 atom stereocenters. The quantitative estimate of drug-likeness (QED) is 0.139. The molecule has 0 spiro atoms. The Morgan fingerprint density at radius 1 is 1.02 bits per heavy atom. The first kappa shape index (κ1) is 34.3. The number of aliphatic imine (C=N–C) groups is 1. The molecule has 0 aromatic rings. The van der Waals surface area contributed by atoms with Crippen molar-refractivity contribution in [3.63, 3.8) is 0 Å². The van der Waals surface area contributed by atoms with Crippen LogP contribution < -0.4 is 21.5 Å². The van der Waals surface area contributed by atoms with E-state index >= 15 is 0 Å². The summed E-state index contributed by atoms with van der Waals surface area (Å²) in [6.07, 6.45) is 11.6. The number of methoxy groups -OCH3 is 1. The van der Waals surface area contributed by atoms with Gasteiger partial charge in [0, 0.05) is 49.2 Å². The third kappa shape index (κ3) is 8.63. The van der Waals surface area contributed by atoms with Crippen molar-refractivity contribution in [1.29, 1.82) is 0 Å². The highest BCUT2D eigenvalue weighted by Gasteiger charge is 2.50. The summed E-state index contributed by atoms with van der Waals surface area (Å²) >= 11 is 6.51. The van der Waals surface area contributed by atoms with E-state index in [-0.39, 0.29) is 47.6 Å². The molecule has 5 N–H and O–H groups in total. The van der Waals surface area contributed by atoms with E-state index < -0.39 is 8.32 Å². The molecule has 4 fully saturated rings. The third-order valence-electron chi connectivity index (χ3n) is 11.0. The summed E-state index contributed by atoms with van der Waals surface area (Å²) in [4.78, 5) is 44.4. The first-order chi connectivity index (χ1) is 21.0. The topological polar surface area (TPSA) is 127 Å². The van der Waals surface area contributed by atoms with Gasteiger partial charge in [-0.25, -0.2) is 10.9 Å². The molecule has 0 aromatic carbocycles. The Balaban J connectivity index is 1.18. The summed E-state index contributed by atoms with van der Waals surface area (Å²) in [6, 6.07) is 1.07. The maximum Gasteiger partial charge on any atom is 0.223 e. The molecule has 0 radical (unpaired) electrons. The van der Waals surface area contributed by atoms with Crippen LogP contribution in [0.4, 0.5) is 0 Å². The van der Waals surface area contributed by atoms with E-state index in [2.05, 4.69) is 33.3 Å². The van der Waals surface area contributed by atoms with Gasteiger partial charge in [-0.2, -0.15) is 0 Å². The number of fused-ring (bicyclic) bond motifs is 3. The van der Waals surface area contributed by atoms with Gasteiger partial charge in [0.2, 0.25) is 11.8 Å². The zero-order chi connectivity index (χ0) is 31.4. The SMILES string of the molecule is COC1CCC2C(C1)C(C1CCC(Cl)CC1)=N[C@@H](CC(=O)NCCNC(=O)C1CCC(C[Si](C)(C)O)CC1)C1NNC(C)N21. The second kappa shape index (κ2) is 15.2. The molecule has 5 aliphatic rings. The highest BCUT2D eigenvalue weighted by atomic mass is 35.5. The largest absolute Gasteiger partial charge is 0.432 e. The van der Waals surface area contributed by atoms with Crippen LogP contribution in [0.5, 0.6) is 0 Å². The first-order valence-corrected chi connectivity index (χ1v) is 20.9. The van der Waals surface area contributed by atoms with Crippen molar-refractivity contribution in [2.75, 3.05) is 20.2 Å². The summed E-state index contributed by atoms with van der Waals surface area (Å²) in [5.74, 6) is 1.35. The van der Waals surface area contributed by atoms with Crippen LogP contribution >= 0.6 is 11.6 Å². The molecule has 44 heavy (non-hydrogen) atoms. The van der Waals surface area contributed by atoms with Gasteiger partial charge in [-0.15, -0.1) is 11.6 Å². The zero-order valence-corrected chi connectivity index (χ0v) is 29.1. The number of ether oxygens (including phenoxy) is 1. The molecule has 0 aromatic heterocycles. The molecule has 1 saturated heterocycles. The summed E-state index contributed by atoms with van der Waals surface area (Å²) in [5.41, 5.74) is 8.21. The average molecular weight is 653 g/mol. The lowest BCUT2D eigenvalue weighted by Gasteiger charge is -2.44. The number of halogens is 1. The van der Waals surface area contributed by atoms with Crippen LogP contribution in [0.1, 0.15) is 84.0 Å². The fourth-order valence-corrected chi connectivity index (χ4v) is 10.9. The van der Waals surface area contributed by atoms with Crippen LogP contribution in [0, 0.1) is 23.7 Å². The number of amides is 2. The maximum absolute atomic E-state index is 13.3. The Hall–Kier alpha value is -1.08. The van der Waals surface area contributed by atoms with Crippen LogP contribution in [0.3, 0.4) is 0 Å². The molecule has 5 unspecified atom stereocenters. The number of rotatable bonds is 10. The van der Waals surface area contributed by atoms with Crippen molar-refractivity contribution in [3.8, 4) is 0 Å². The number of hydrazine groups is 1. The number of carbonyl (C=O) groups is 2. The Morgan fingerprint density at radius 3 is 2.41 bits per heavy atom. The van der Waals surface area contributed by atoms with E-state index in [0.717, 1.165) is 76.7 Å². The van der Waals surface area contributed by atoms with Crippen molar-refractivity contribution in [2.24, 2.45) is 28.7 Å². The first-order valence-electron chi connectivity index (χ1n) is 17.3. The predicted octanol–water partition coefficient (Wildman–Crippen LogP) is 3.50. The molecule has 0 bridgehead atoms. The number of alkyl halides is 1. The highest BCUT2D eigenvalue weighted by molar-refractivity contribution is 6.69. The maximum atomic E-state index is 13.3.